The number of halogens is 3. The molecule has 1 aromatic carbocycles. The minimum Gasteiger partial charge on any atom is -0.307 e. The standard InChI is InChI=1S/C16H22F3N/c1-11(13-5-3-4-6-13)20-12(2)14-7-9-15(10-8-14)16(17,18)19/h7-13,20H,3-6H2,1-2H3/t11-,12?/m1/s1. The van der Waals surface area contributed by atoms with Gasteiger partial charge >= 0.3 is 6.18 Å². The second-order valence-corrected chi connectivity index (χ2v) is 5.84. The van der Waals surface area contributed by atoms with Crippen LogP contribution in [0.2, 0.25) is 0 Å². The second-order valence-electron chi connectivity index (χ2n) is 5.84. The molecule has 0 aromatic heterocycles. The van der Waals surface area contributed by atoms with E-state index in [1.807, 2.05) is 6.92 Å². The second kappa shape index (κ2) is 6.17. The first-order valence-corrected chi connectivity index (χ1v) is 7.31. The first-order chi connectivity index (χ1) is 9.38. The molecule has 0 heterocycles. The Morgan fingerprint density at radius 1 is 1.05 bits per heavy atom. The van der Waals surface area contributed by atoms with Gasteiger partial charge in [-0.25, -0.2) is 0 Å². The topological polar surface area (TPSA) is 12.0 Å². The Labute approximate surface area is 118 Å². The van der Waals surface area contributed by atoms with Crippen molar-refractivity contribution in [2.75, 3.05) is 0 Å². The SMILES string of the molecule is CC(N[C@H](C)C1CCCC1)c1ccc(C(F)(F)F)cc1. The van der Waals surface area contributed by atoms with Crippen molar-refractivity contribution in [1.82, 2.24) is 5.32 Å². The van der Waals surface area contributed by atoms with Gasteiger partial charge in [-0.05, 0) is 50.3 Å². The van der Waals surface area contributed by atoms with Crippen LogP contribution in [0.5, 0.6) is 0 Å². The third-order valence-electron chi connectivity index (χ3n) is 4.36. The lowest BCUT2D eigenvalue weighted by molar-refractivity contribution is -0.137. The largest absolute Gasteiger partial charge is 0.416 e. The van der Waals surface area contributed by atoms with E-state index < -0.39 is 11.7 Å². The molecule has 2 atom stereocenters. The van der Waals surface area contributed by atoms with Crippen LogP contribution in [-0.4, -0.2) is 6.04 Å². The molecular weight excluding hydrogens is 263 g/mol. The molecular formula is C16H22F3N. The Bertz CT molecular complexity index is 418. The van der Waals surface area contributed by atoms with Crippen molar-refractivity contribution in [2.45, 2.75) is 57.8 Å². The number of alkyl halides is 3. The van der Waals surface area contributed by atoms with E-state index in [1.165, 1.54) is 25.7 Å². The Kier molecular flexibility index (Phi) is 4.74. The maximum atomic E-state index is 12.5. The average Bonchev–Trinajstić information content (AvgIpc) is 2.91. The lowest BCUT2D eigenvalue weighted by atomic mass is 9.97. The monoisotopic (exact) mass is 285 g/mol. The van der Waals surface area contributed by atoms with Crippen molar-refractivity contribution >= 4 is 0 Å². The van der Waals surface area contributed by atoms with Gasteiger partial charge in [-0.3, -0.25) is 0 Å². The van der Waals surface area contributed by atoms with Crippen LogP contribution in [0.4, 0.5) is 13.2 Å². The molecule has 0 saturated heterocycles. The van der Waals surface area contributed by atoms with Gasteiger partial charge < -0.3 is 5.32 Å². The number of hydrogen-bond donors (Lipinski definition) is 1. The van der Waals surface area contributed by atoms with E-state index in [-0.39, 0.29) is 6.04 Å². The van der Waals surface area contributed by atoms with E-state index in [0.717, 1.165) is 17.7 Å². The smallest absolute Gasteiger partial charge is 0.307 e. The first kappa shape index (κ1) is 15.4. The molecule has 1 aromatic rings. The molecule has 4 heteroatoms. The minimum atomic E-state index is -4.26. The first-order valence-electron chi connectivity index (χ1n) is 7.31. The fourth-order valence-corrected chi connectivity index (χ4v) is 3.04. The summed E-state index contributed by atoms with van der Waals surface area (Å²) in [6.45, 7) is 4.19. The highest BCUT2D eigenvalue weighted by molar-refractivity contribution is 5.26. The molecule has 0 spiro atoms. The van der Waals surface area contributed by atoms with E-state index in [1.54, 1.807) is 12.1 Å². The summed E-state index contributed by atoms with van der Waals surface area (Å²) in [6, 6.07) is 5.95. The molecule has 1 aliphatic carbocycles. The Morgan fingerprint density at radius 2 is 1.60 bits per heavy atom. The normalized spacial score (nSPS) is 20.1. The van der Waals surface area contributed by atoms with Crippen LogP contribution >= 0.6 is 0 Å². The summed E-state index contributed by atoms with van der Waals surface area (Å²) in [7, 11) is 0. The summed E-state index contributed by atoms with van der Waals surface area (Å²) in [5.41, 5.74) is 0.320. The molecule has 0 radical (unpaired) electrons. The molecule has 1 aliphatic rings. The predicted octanol–water partition coefficient (Wildman–Crippen LogP) is 4.93. The number of rotatable bonds is 4. The molecule has 1 unspecified atom stereocenters. The Morgan fingerprint density at radius 3 is 2.10 bits per heavy atom. The van der Waals surface area contributed by atoms with Gasteiger partial charge in [0.2, 0.25) is 0 Å². The van der Waals surface area contributed by atoms with Gasteiger partial charge in [-0.1, -0.05) is 25.0 Å². The van der Waals surface area contributed by atoms with Crippen LogP contribution in [0.25, 0.3) is 0 Å². The van der Waals surface area contributed by atoms with E-state index >= 15 is 0 Å². The summed E-state index contributed by atoms with van der Waals surface area (Å²) in [5, 5.41) is 3.52. The lowest BCUT2D eigenvalue weighted by Crippen LogP contribution is -2.34. The van der Waals surface area contributed by atoms with Crippen molar-refractivity contribution in [3.63, 3.8) is 0 Å². The fourth-order valence-electron chi connectivity index (χ4n) is 3.04. The minimum absolute atomic E-state index is 0.0767. The lowest BCUT2D eigenvalue weighted by Gasteiger charge is -2.25. The highest BCUT2D eigenvalue weighted by Crippen LogP contribution is 2.31. The zero-order valence-electron chi connectivity index (χ0n) is 12.0. The number of hydrogen-bond acceptors (Lipinski definition) is 1. The molecule has 0 bridgehead atoms. The van der Waals surface area contributed by atoms with Gasteiger partial charge in [0.25, 0.3) is 0 Å². The van der Waals surface area contributed by atoms with E-state index in [2.05, 4.69) is 12.2 Å². The van der Waals surface area contributed by atoms with Gasteiger partial charge in [0, 0.05) is 12.1 Å². The van der Waals surface area contributed by atoms with Crippen LogP contribution in [0.15, 0.2) is 24.3 Å². The van der Waals surface area contributed by atoms with Crippen LogP contribution in [0.1, 0.15) is 56.7 Å². The van der Waals surface area contributed by atoms with Gasteiger partial charge in [-0.2, -0.15) is 13.2 Å². The van der Waals surface area contributed by atoms with Gasteiger partial charge in [0.15, 0.2) is 0 Å². The highest BCUT2D eigenvalue weighted by atomic mass is 19.4. The molecule has 112 valence electrons. The van der Waals surface area contributed by atoms with Gasteiger partial charge in [0.1, 0.15) is 0 Å². The van der Waals surface area contributed by atoms with E-state index in [9.17, 15) is 13.2 Å². The highest BCUT2D eigenvalue weighted by Gasteiger charge is 2.30. The van der Waals surface area contributed by atoms with E-state index in [0.29, 0.717) is 12.0 Å². The molecule has 0 amide bonds. The van der Waals surface area contributed by atoms with Crippen molar-refractivity contribution < 1.29 is 13.2 Å². The summed E-state index contributed by atoms with van der Waals surface area (Å²) in [5.74, 6) is 0.701. The zero-order valence-corrected chi connectivity index (χ0v) is 12.0. The molecule has 1 fully saturated rings. The van der Waals surface area contributed by atoms with Gasteiger partial charge in [-0.15, -0.1) is 0 Å². The van der Waals surface area contributed by atoms with Gasteiger partial charge in [0.05, 0.1) is 5.56 Å². The quantitative estimate of drug-likeness (QED) is 0.826. The zero-order chi connectivity index (χ0) is 14.8. The van der Waals surface area contributed by atoms with Crippen molar-refractivity contribution in [2.24, 2.45) is 5.92 Å². The van der Waals surface area contributed by atoms with E-state index in [4.69, 9.17) is 0 Å². The molecule has 1 N–H and O–H groups in total. The van der Waals surface area contributed by atoms with Crippen LogP contribution in [-0.2, 0) is 6.18 Å². The molecule has 1 nitrogen and oxygen atoms in total. The maximum absolute atomic E-state index is 12.5. The molecule has 1 saturated carbocycles. The Hall–Kier alpha value is -1.03. The third-order valence-corrected chi connectivity index (χ3v) is 4.36. The van der Waals surface area contributed by atoms with Crippen molar-refractivity contribution in [3.8, 4) is 0 Å². The van der Waals surface area contributed by atoms with Crippen molar-refractivity contribution in [1.29, 1.82) is 0 Å². The summed E-state index contributed by atoms with van der Waals surface area (Å²) >= 11 is 0. The average molecular weight is 285 g/mol. The fraction of sp³-hybridized carbons (Fsp3) is 0.625. The molecule has 2 rings (SSSR count). The van der Waals surface area contributed by atoms with Crippen molar-refractivity contribution in [3.05, 3.63) is 35.4 Å². The third kappa shape index (κ3) is 3.75. The Balaban J connectivity index is 1.96. The number of nitrogens with one attached hydrogen (secondary N) is 1. The van der Waals surface area contributed by atoms with Crippen LogP contribution in [0, 0.1) is 5.92 Å². The maximum Gasteiger partial charge on any atom is 0.416 e. The molecule has 0 aliphatic heterocycles. The van der Waals surface area contributed by atoms with Crippen LogP contribution in [0.3, 0.4) is 0 Å². The van der Waals surface area contributed by atoms with Crippen LogP contribution < -0.4 is 5.32 Å². The number of benzene rings is 1. The predicted molar refractivity (Wildman–Crippen MR) is 74.4 cm³/mol. The summed E-state index contributed by atoms with van der Waals surface area (Å²) in [6.07, 6.45) is 0.852. The summed E-state index contributed by atoms with van der Waals surface area (Å²) < 4.78 is 37.6. The molecule has 20 heavy (non-hydrogen) atoms. The summed E-state index contributed by atoms with van der Waals surface area (Å²) in [4.78, 5) is 0.